The number of rotatable bonds is 5. The molecule has 1 heterocycles. The van der Waals surface area contributed by atoms with Crippen molar-refractivity contribution in [3.63, 3.8) is 0 Å². The smallest absolute Gasteiger partial charge is 0.180 e. The number of aryl methyl sites for hydroxylation is 1. The highest BCUT2D eigenvalue weighted by Crippen LogP contribution is 2.26. The molecule has 20 heavy (non-hydrogen) atoms. The molecule has 4 heteroatoms. The van der Waals surface area contributed by atoms with E-state index in [0.29, 0.717) is 23.6 Å². The van der Waals surface area contributed by atoms with Gasteiger partial charge in [0, 0.05) is 11.4 Å². The topological polar surface area (TPSA) is 39.2 Å². The zero-order valence-electron chi connectivity index (χ0n) is 11.5. The standard InChI is InChI=1S/C16H16ClNO2/c1-3-11-9-12(5-7-14(11)17)20-13-6-8-15(18-10-13)16(19)4-2/h5-10H,3-4H2,1-2H3. The van der Waals surface area contributed by atoms with Crippen molar-refractivity contribution in [3.05, 3.63) is 52.8 Å². The summed E-state index contributed by atoms with van der Waals surface area (Å²) >= 11 is 6.07. The fourth-order valence-electron chi connectivity index (χ4n) is 1.81. The first-order valence-electron chi connectivity index (χ1n) is 6.59. The van der Waals surface area contributed by atoms with Gasteiger partial charge in [-0.05, 0) is 42.3 Å². The Morgan fingerprint density at radius 2 is 1.95 bits per heavy atom. The van der Waals surface area contributed by atoms with Gasteiger partial charge >= 0.3 is 0 Å². The zero-order valence-corrected chi connectivity index (χ0v) is 12.3. The number of benzene rings is 1. The number of Topliss-reactive ketones (excluding diaryl/α,β-unsaturated/α-hetero) is 1. The third-order valence-corrected chi connectivity index (χ3v) is 3.35. The molecule has 0 aliphatic rings. The van der Waals surface area contributed by atoms with E-state index < -0.39 is 0 Å². The van der Waals surface area contributed by atoms with E-state index >= 15 is 0 Å². The molecule has 0 saturated carbocycles. The number of halogens is 1. The lowest BCUT2D eigenvalue weighted by Crippen LogP contribution is -1.99. The van der Waals surface area contributed by atoms with Gasteiger partial charge in [-0.15, -0.1) is 0 Å². The average molecular weight is 290 g/mol. The van der Waals surface area contributed by atoms with Crippen LogP contribution in [0.3, 0.4) is 0 Å². The molecule has 104 valence electrons. The lowest BCUT2D eigenvalue weighted by molar-refractivity contribution is 0.0983. The first-order valence-corrected chi connectivity index (χ1v) is 6.97. The molecule has 3 nitrogen and oxygen atoms in total. The van der Waals surface area contributed by atoms with Crippen molar-refractivity contribution in [1.29, 1.82) is 0 Å². The maximum atomic E-state index is 11.5. The molecular formula is C16H16ClNO2. The molecule has 0 aliphatic carbocycles. The van der Waals surface area contributed by atoms with Crippen molar-refractivity contribution in [2.24, 2.45) is 0 Å². The van der Waals surface area contributed by atoms with Crippen LogP contribution in [0.2, 0.25) is 5.02 Å². The molecule has 0 bridgehead atoms. The molecule has 1 aromatic heterocycles. The predicted molar refractivity (Wildman–Crippen MR) is 79.8 cm³/mol. The molecule has 0 N–H and O–H groups in total. The Labute approximate surface area is 123 Å². The van der Waals surface area contributed by atoms with Crippen LogP contribution in [0.5, 0.6) is 11.5 Å². The summed E-state index contributed by atoms with van der Waals surface area (Å²) in [5, 5.41) is 0.738. The summed E-state index contributed by atoms with van der Waals surface area (Å²) in [5.41, 5.74) is 1.50. The van der Waals surface area contributed by atoms with Crippen LogP contribution in [0.25, 0.3) is 0 Å². The predicted octanol–water partition coefficient (Wildman–Crippen LogP) is 4.68. The number of carbonyl (C=O) groups excluding carboxylic acids is 1. The van der Waals surface area contributed by atoms with E-state index in [2.05, 4.69) is 4.98 Å². The summed E-state index contributed by atoms with van der Waals surface area (Å²) in [6.45, 7) is 3.85. The monoisotopic (exact) mass is 289 g/mol. The van der Waals surface area contributed by atoms with Crippen molar-refractivity contribution < 1.29 is 9.53 Å². The summed E-state index contributed by atoms with van der Waals surface area (Å²) in [4.78, 5) is 15.6. The quantitative estimate of drug-likeness (QED) is 0.750. The van der Waals surface area contributed by atoms with Gasteiger partial charge in [0.05, 0.1) is 6.20 Å². The van der Waals surface area contributed by atoms with Crippen LogP contribution in [0.15, 0.2) is 36.5 Å². The zero-order chi connectivity index (χ0) is 14.5. The number of nitrogens with zero attached hydrogens (tertiary/aromatic N) is 1. The van der Waals surface area contributed by atoms with Gasteiger partial charge in [0.15, 0.2) is 5.78 Å². The lowest BCUT2D eigenvalue weighted by Gasteiger charge is -2.08. The van der Waals surface area contributed by atoms with Crippen molar-refractivity contribution in [3.8, 4) is 11.5 Å². The molecule has 0 spiro atoms. The van der Waals surface area contributed by atoms with Crippen LogP contribution in [0.4, 0.5) is 0 Å². The summed E-state index contributed by atoms with van der Waals surface area (Å²) in [6.07, 6.45) is 2.85. The Bertz CT molecular complexity index is 608. The van der Waals surface area contributed by atoms with Crippen molar-refractivity contribution in [2.45, 2.75) is 26.7 Å². The number of carbonyl (C=O) groups is 1. The third-order valence-electron chi connectivity index (χ3n) is 2.98. The highest BCUT2D eigenvalue weighted by atomic mass is 35.5. The maximum Gasteiger partial charge on any atom is 0.180 e. The molecular weight excluding hydrogens is 274 g/mol. The molecule has 0 radical (unpaired) electrons. The van der Waals surface area contributed by atoms with Crippen molar-refractivity contribution >= 4 is 17.4 Å². The molecule has 1 aromatic carbocycles. The molecule has 2 rings (SSSR count). The van der Waals surface area contributed by atoms with E-state index in [1.54, 1.807) is 18.3 Å². The van der Waals surface area contributed by atoms with E-state index in [9.17, 15) is 4.79 Å². The minimum Gasteiger partial charge on any atom is -0.456 e. The molecule has 0 unspecified atom stereocenters. The molecule has 0 saturated heterocycles. The van der Waals surface area contributed by atoms with Gasteiger partial charge in [0.2, 0.25) is 0 Å². The first-order chi connectivity index (χ1) is 9.63. The fourth-order valence-corrected chi connectivity index (χ4v) is 2.06. The number of pyridine rings is 1. The molecule has 2 aromatic rings. The number of aromatic nitrogens is 1. The first kappa shape index (κ1) is 14.5. The van der Waals surface area contributed by atoms with Gasteiger partial charge in [-0.3, -0.25) is 4.79 Å². The summed E-state index contributed by atoms with van der Waals surface area (Å²) in [5.74, 6) is 1.33. The third kappa shape index (κ3) is 3.36. The Kier molecular flexibility index (Phi) is 4.74. The molecule has 0 atom stereocenters. The van der Waals surface area contributed by atoms with Gasteiger partial charge in [-0.1, -0.05) is 25.4 Å². The summed E-state index contributed by atoms with van der Waals surface area (Å²) in [6, 6.07) is 8.96. The van der Waals surface area contributed by atoms with Gasteiger partial charge in [-0.25, -0.2) is 4.98 Å². The van der Waals surface area contributed by atoms with Gasteiger partial charge in [-0.2, -0.15) is 0 Å². The van der Waals surface area contributed by atoms with Crippen LogP contribution in [0.1, 0.15) is 36.3 Å². The lowest BCUT2D eigenvalue weighted by atomic mass is 10.1. The average Bonchev–Trinajstić information content (AvgIpc) is 2.49. The van der Waals surface area contributed by atoms with Gasteiger partial charge in [0.1, 0.15) is 17.2 Å². The molecule has 0 amide bonds. The van der Waals surface area contributed by atoms with E-state index in [4.69, 9.17) is 16.3 Å². The van der Waals surface area contributed by atoms with Crippen LogP contribution in [-0.2, 0) is 6.42 Å². The van der Waals surface area contributed by atoms with E-state index in [1.165, 1.54) is 0 Å². The normalized spacial score (nSPS) is 10.3. The van der Waals surface area contributed by atoms with E-state index in [-0.39, 0.29) is 5.78 Å². The molecule has 0 fully saturated rings. The number of hydrogen-bond acceptors (Lipinski definition) is 3. The Morgan fingerprint density at radius 3 is 2.55 bits per heavy atom. The Balaban J connectivity index is 2.16. The number of ether oxygens (including phenoxy) is 1. The number of hydrogen-bond donors (Lipinski definition) is 0. The number of ketones is 1. The van der Waals surface area contributed by atoms with Crippen LogP contribution in [-0.4, -0.2) is 10.8 Å². The Morgan fingerprint density at radius 1 is 1.20 bits per heavy atom. The van der Waals surface area contributed by atoms with Crippen molar-refractivity contribution in [1.82, 2.24) is 4.98 Å². The van der Waals surface area contributed by atoms with E-state index in [1.807, 2.05) is 32.0 Å². The highest BCUT2D eigenvalue weighted by Gasteiger charge is 2.06. The SMILES string of the molecule is CCC(=O)c1ccc(Oc2ccc(Cl)c(CC)c2)cn1. The van der Waals surface area contributed by atoms with Crippen molar-refractivity contribution in [2.75, 3.05) is 0 Å². The second-order valence-corrected chi connectivity index (χ2v) is 4.77. The minimum absolute atomic E-state index is 0.0244. The van der Waals surface area contributed by atoms with Gasteiger partial charge in [0.25, 0.3) is 0 Å². The van der Waals surface area contributed by atoms with E-state index in [0.717, 1.165) is 17.0 Å². The van der Waals surface area contributed by atoms with Crippen LogP contribution < -0.4 is 4.74 Å². The summed E-state index contributed by atoms with van der Waals surface area (Å²) < 4.78 is 5.71. The molecule has 0 aliphatic heterocycles. The second-order valence-electron chi connectivity index (χ2n) is 4.36. The second kappa shape index (κ2) is 6.53. The minimum atomic E-state index is 0.0244. The Hall–Kier alpha value is -1.87. The van der Waals surface area contributed by atoms with Crippen LogP contribution >= 0.6 is 11.6 Å². The van der Waals surface area contributed by atoms with Crippen LogP contribution in [0, 0.1) is 0 Å². The maximum absolute atomic E-state index is 11.5. The fraction of sp³-hybridized carbons (Fsp3) is 0.250. The highest BCUT2D eigenvalue weighted by molar-refractivity contribution is 6.31. The van der Waals surface area contributed by atoms with Gasteiger partial charge < -0.3 is 4.74 Å². The summed E-state index contributed by atoms with van der Waals surface area (Å²) in [7, 11) is 0. The largest absolute Gasteiger partial charge is 0.456 e.